The molecule has 2 aromatic rings. The SMILES string of the molecule is CC(C)c1ccc(/C=C2/C=Nc3ccccc32)cc1. The summed E-state index contributed by atoms with van der Waals surface area (Å²) >= 11 is 0. The Labute approximate surface area is 114 Å². The van der Waals surface area contributed by atoms with Crippen molar-refractivity contribution in [3.05, 3.63) is 65.2 Å². The van der Waals surface area contributed by atoms with Crippen LogP contribution < -0.4 is 0 Å². The van der Waals surface area contributed by atoms with Crippen LogP contribution in [-0.2, 0) is 0 Å². The summed E-state index contributed by atoms with van der Waals surface area (Å²) < 4.78 is 0. The van der Waals surface area contributed by atoms with E-state index in [1.807, 2.05) is 12.3 Å². The summed E-state index contributed by atoms with van der Waals surface area (Å²) in [5.41, 5.74) is 6.07. The maximum absolute atomic E-state index is 4.43. The molecule has 0 aromatic heterocycles. The van der Waals surface area contributed by atoms with E-state index in [0.29, 0.717) is 5.92 Å². The lowest BCUT2D eigenvalue weighted by atomic mass is 10.00. The van der Waals surface area contributed by atoms with Crippen molar-refractivity contribution < 1.29 is 0 Å². The number of fused-ring (bicyclic) bond motifs is 1. The van der Waals surface area contributed by atoms with Crippen molar-refractivity contribution in [2.24, 2.45) is 4.99 Å². The molecule has 19 heavy (non-hydrogen) atoms. The smallest absolute Gasteiger partial charge is 0.0708 e. The summed E-state index contributed by atoms with van der Waals surface area (Å²) in [6.45, 7) is 4.43. The second-order valence-electron chi connectivity index (χ2n) is 5.20. The van der Waals surface area contributed by atoms with Gasteiger partial charge in [0.15, 0.2) is 0 Å². The average Bonchev–Trinajstić information content (AvgIpc) is 2.83. The first-order valence-electron chi connectivity index (χ1n) is 6.69. The standard InChI is InChI=1S/C18H17N/c1-13(2)15-9-7-14(8-10-15)11-16-12-19-18-6-4-3-5-17(16)18/h3-13H,1-2H3/b16-11-. The Morgan fingerprint density at radius 1 is 0.947 bits per heavy atom. The van der Waals surface area contributed by atoms with Crippen molar-refractivity contribution in [1.82, 2.24) is 0 Å². The van der Waals surface area contributed by atoms with Crippen molar-refractivity contribution in [1.29, 1.82) is 0 Å². The van der Waals surface area contributed by atoms with Crippen LogP contribution in [0.2, 0.25) is 0 Å². The average molecular weight is 247 g/mol. The minimum atomic E-state index is 0.579. The molecule has 2 aromatic carbocycles. The van der Waals surface area contributed by atoms with E-state index < -0.39 is 0 Å². The number of hydrogen-bond acceptors (Lipinski definition) is 1. The number of benzene rings is 2. The van der Waals surface area contributed by atoms with Crippen LogP contribution in [0.1, 0.15) is 36.5 Å². The Hall–Kier alpha value is -2.15. The van der Waals surface area contributed by atoms with E-state index in [9.17, 15) is 0 Å². The van der Waals surface area contributed by atoms with Crippen LogP contribution in [0.5, 0.6) is 0 Å². The summed E-state index contributed by atoms with van der Waals surface area (Å²) in [4.78, 5) is 4.43. The molecule has 1 nitrogen and oxygen atoms in total. The lowest BCUT2D eigenvalue weighted by Crippen LogP contribution is -1.86. The highest BCUT2D eigenvalue weighted by Gasteiger charge is 2.10. The monoisotopic (exact) mass is 247 g/mol. The molecule has 1 heteroatoms. The zero-order chi connectivity index (χ0) is 13.2. The first-order valence-corrected chi connectivity index (χ1v) is 6.69. The molecule has 3 rings (SSSR count). The van der Waals surface area contributed by atoms with Gasteiger partial charge in [-0.05, 0) is 29.2 Å². The van der Waals surface area contributed by atoms with Crippen molar-refractivity contribution in [3.8, 4) is 0 Å². The van der Waals surface area contributed by atoms with E-state index in [-0.39, 0.29) is 0 Å². The maximum atomic E-state index is 4.43. The highest BCUT2D eigenvalue weighted by molar-refractivity contribution is 6.21. The highest BCUT2D eigenvalue weighted by atomic mass is 14.7. The number of para-hydroxylation sites is 1. The van der Waals surface area contributed by atoms with Gasteiger partial charge in [0, 0.05) is 17.4 Å². The van der Waals surface area contributed by atoms with Gasteiger partial charge < -0.3 is 0 Å². The number of rotatable bonds is 2. The van der Waals surface area contributed by atoms with Crippen LogP contribution in [0.15, 0.2) is 53.5 Å². The predicted molar refractivity (Wildman–Crippen MR) is 83.0 cm³/mol. The minimum Gasteiger partial charge on any atom is -0.256 e. The molecule has 0 radical (unpaired) electrons. The van der Waals surface area contributed by atoms with E-state index in [1.165, 1.54) is 22.3 Å². The molecule has 0 spiro atoms. The maximum Gasteiger partial charge on any atom is 0.0708 e. The molecule has 0 unspecified atom stereocenters. The fourth-order valence-corrected chi connectivity index (χ4v) is 2.31. The quantitative estimate of drug-likeness (QED) is 0.702. The molecule has 0 atom stereocenters. The molecule has 1 heterocycles. The van der Waals surface area contributed by atoms with Gasteiger partial charge in [-0.1, -0.05) is 56.3 Å². The molecule has 94 valence electrons. The first-order chi connectivity index (χ1) is 9.24. The Kier molecular flexibility index (Phi) is 3.04. The molecule has 0 N–H and O–H groups in total. The zero-order valence-corrected chi connectivity index (χ0v) is 11.3. The van der Waals surface area contributed by atoms with Gasteiger partial charge in [0.05, 0.1) is 5.69 Å². The molecule has 0 aliphatic carbocycles. The van der Waals surface area contributed by atoms with Gasteiger partial charge in [0.1, 0.15) is 0 Å². The fraction of sp³-hybridized carbons (Fsp3) is 0.167. The molecule has 0 fully saturated rings. The first kappa shape index (κ1) is 11.9. The topological polar surface area (TPSA) is 12.4 Å². The third-order valence-electron chi connectivity index (χ3n) is 3.48. The lowest BCUT2D eigenvalue weighted by Gasteiger charge is -2.05. The van der Waals surface area contributed by atoms with Crippen LogP contribution in [0.3, 0.4) is 0 Å². The molecule has 1 aliphatic heterocycles. The molecule has 0 saturated heterocycles. The molecular weight excluding hydrogens is 230 g/mol. The van der Waals surface area contributed by atoms with E-state index in [1.54, 1.807) is 0 Å². The number of nitrogens with zero attached hydrogens (tertiary/aromatic N) is 1. The van der Waals surface area contributed by atoms with Crippen molar-refractivity contribution in [3.63, 3.8) is 0 Å². The van der Waals surface area contributed by atoms with Crippen LogP contribution in [0, 0.1) is 0 Å². The van der Waals surface area contributed by atoms with Crippen molar-refractivity contribution >= 4 is 23.6 Å². The molecule has 0 bridgehead atoms. The van der Waals surface area contributed by atoms with Crippen LogP contribution in [0.25, 0.3) is 11.6 Å². The lowest BCUT2D eigenvalue weighted by molar-refractivity contribution is 0.866. The minimum absolute atomic E-state index is 0.579. The van der Waals surface area contributed by atoms with Gasteiger partial charge in [0.2, 0.25) is 0 Å². The van der Waals surface area contributed by atoms with E-state index in [4.69, 9.17) is 0 Å². The van der Waals surface area contributed by atoms with E-state index in [0.717, 1.165) is 5.69 Å². The summed E-state index contributed by atoms with van der Waals surface area (Å²) in [5.74, 6) is 0.579. The third kappa shape index (κ3) is 2.37. The predicted octanol–water partition coefficient (Wildman–Crippen LogP) is 5.07. The van der Waals surface area contributed by atoms with Crippen LogP contribution >= 0.6 is 0 Å². The Balaban J connectivity index is 1.93. The summed E-state index contributed by atoms with van der Waals surface area (Å²) in [6, 6.07) is 17.0. The van der Waals surface area contributed by atoms with Crippen molar-refractivity contribution in [2.75, 3.05) is 0 Å². The molecule has 1 aliphatic rings. The Morgan fingerprint density at radius 2 is 1.68 bits per heavy atom. The fourth-order valence-electron chi connectivity index (χ4n) is 2.31. The third-order valence-corrected chi connectivity index (χ3v) is 3.48. The van der Waals surface area contributed by atoms with Gasteiger partial charge in [-0.25, -0.2) is 0 Å². The normalized spacial score (nSPS) is 15.2. The Bertz CT molecular complexity index is 646. The van der Waals surface area contributed by atoms with Crippen molar-refractivity contribution in [2.45, 2.75) is 19.8 Å². The summed E-state index contributed by atoms with van der Waals surface area (Å²) in [5, 5.41) is 0. The molecule has 0 amide bonds. The van der Waals surface area contributed by atoms with Crippen LogP contribution in [0.4, 0.5) is 5.69 Å². The summed E-state index contributed by atoms with van der Waals surface area (Å²) in [6.07, 6.45) is 4.14. The number of hydrogen-bond donors (Lipinski definition) is 0. The molecule has 0 saturated carbocycles. The van der Waals surface area contributed by atoms with E-state index in [2.05, 4.69) is 67.4 Å². The van der Waals surface area contributed by atoms with Crippen LogP contribution in [-0.4, -0.2) is 6.21 Å². The largest absolute Gasteiger partial charge is 0.256 e. The van der Waals surface area contributed by atoms with Gasteiger partial charge >= 0.3 is 0 Å². The Morgan fingerprint density at radius 3 is 2.42 bits per heavy atom. The number of aliphatic imine (C=N–C) groups is 1. The zero-order valence-electron chi connectivity index (χ0n) is 11.3. The second kappa shape index (κ2) is 4.85. The summed E-state index contributed by atoms with van der Waals surface area (Å²) in [7, 11) is 0. The van der Waals surface area contributed by atoms with E-state index >= 15 is 0 Å². The molecular formula is C18H17N. The highest BCUT2D eigenvalue weighted by Crippen LogP contribution is 2.32. The number of allylic oxidation sites excluding steroid dienone is 1. The van der Waals surface area contributed by atoms with Gasteiger partial charge in [-0.15, -0.1) is 0 Å². The van der Waals surface area contributed by atoms with Gasteiger partial charge in [0.25, 0.3) is 0 Å². The van der Waals surface area contributed by atoms with Gasteiger partial charge in [-0.2, -0.15) is 0 Å². The van der Waals surface area contributed by atoms with Gasteiger partial charge in [-0.3, -0.25) is 4.99 Å². The second-order valence-corrected chi connectivity index (χ2v) is 5.20.